The molecule has 8 heteroatoms. The molecule has 0 radical (unpaired) electrons. The van der Waals surface area contributed by atoms with Crippen molar-refractivity contribution in [3.8, 4) is 11.5 Å². The van der Waals surface area contributed by atoms with Crippen LogP contribution in [0.15, 0.2) is 65.6 Å². The Balaban J connectivity index is 1.58. The largest absolute Gasteiger partial charge is 0.493 e. The van der Waals surface area contributed by atoms with Crippen molar-refractivity contribution in [2.75, 3.05) is 13.7 Å². The SMILES string of the molecule is COc1ccc(/C=C2\SC(=O)N(CC(N)=O)C2=O)cc1OCc1cccc2ccccc12. The van der Waals surface area contributed by atoms with E-state index in [-0.39, 0.29) is 4.91 Å². The van der Waals surface area contributed by atoms with Gasteiger partial charge in [0.05, 0.1) is 12.0 Å². The number of rotatable bonds is 7. The summed E-state index contributed by atoms with van der Waals surface area (Å²) in [7, 11) is 1.55. The van der Waals surface area contributed by atoms with Crippen LogP contribution in [0.2, 0.25) is 0 Å². The van der Waals surface area contributed by atoms with E-state index in [1.807, 2.05) is 42.5 Å². The molecule has 0 bridgehead atoms. The first kappa shape index (κ1) is 21.5. The van der Waals surface area contributed by atoms with E-state index in [0.29, 0.717) is 23.7 Å². The van der Waals surface area contributed by atoms with Gasteiger partial charge in [-0.15, -0.1) is 0 Å². The van der Waals surface area contributed by atoms with Crippen LogP contribution in [0.4, 0.5) is 4.79 Å². The van der Waals surface area contributed by atoms with E-state index in [9.17, 15) is 14.4 Å². The molecule has 0 unspecified atom stereocenters. The number of carbonyl (C=O) groups is 3. The molecule has 1 saturated heterocycles. The molecule has 0 aliphatic carbocycles. The van der Waals surface area contributed by atoms with Gasteiger partial charge >= 0.3 is 0 Å². The maximum Gasteiger partial charge on any atom is 0.294 e. The highest BCUT2D eigenvalue weighted by Gasteiger charge is 2.35. The summed E-state index contributed by atoms with van der Waals surface area (Å²) in [6.45, 7) is -0.111. The maximum atomic E-state index is 12.5. The second-order valence-corrected chi connectivity index (χ2v) is 8.06. The van der Waals surface area contributed by atoms with Gasteiger partial charge in [0, 0.05) is 0 Å². The topological polar surface area (TPSA) is 98.9 Å². The van der Waals surface area contributed by atoms with E-state index in [4.69, 9.17) is 15.2 Å². The molecule has 1 heterocycles. The number of hydrogen-bond acceptors (Lipinski definition) is 6. The van der Waals surface area contributed by atoms with Crippen molar-refractivity contribution in [2.45, 2.75) is 6.61 Å². The monoisotopic (exact) mass is 448 g/mol. The van der Waals surface area contributed by atoms with E-state index in [0.717, 1.165) is 33.0 Å². The average molecular weight is 449 g/mol. The number of primary amides is 1. The molecule has 1 aliphatic heterocycles. The molecular weight excluding hydrogens is 428 g/mol. The molecule has 7 nitrogen and oxygen atoms in total. The molecule has 3 aromatic carbocycles. The number of nitrogens with two attached hydrogens (primary N) is 1. The lowest BCUT2D eigenvalue weighted by atomic mass is 10.1. The smallest absolute Gasteiger partial charge is 0.294 e. The van der Waals surface area contributed by atoms with Crippen LogP contribution in [0.5, 0.6) is 11.5 Å². The van der Waals surface area contributed by atoms with Crippen molar-refractivity contribution in [3.05, 3.63) is 76.7 Å². The van der Waals surface area contributed by atoms with E-state index in [1.165, 1.54) is 0 Å². The van der Waals surface area contributed by atoms with Crippen LogP contribution < -0.4 is 15.2 Å². The number of thioether (sulfide) groups is 1. The summed E-state index contributed by atoms with van der Waals surface area (Å²) < 4.78 is 11.5. The Morgan fingerprint density at radius 3 is 2.62 bits per heavy atom. The Hall–Kier alpha value is -3.78. The zero-order valence-electron chi connectivity index (χ0n) is 17.2. The molecule has 0 aromatic heterocycles. The second kappa shape index (κ2) is 9.15. The van der Waals surface area contributed by atoms with Gasteiger partial charge in [-0.3, -0.25) is 19.3 Å². The average Bonchev–Trinajstić information content (AvgIpc) is 3.04. The highest BCUT2D eigenvalue weighted by Crippen LogP contribution is 2.35. The molecular formula is C24H20N2O5S. The van der Waals surface area contributed by atoms with Crippen LogP contribution in [0.1, 0.15) is 11.1 Å². The van der Waals surface area contributed by atoms with Crippen molar-refractivity contribution in [3.63, 3.8) is 0 Å². The number of benzene rings is 3. The number of imide groups is 1. The Labute approximate surface area is 188 Å². The van der Waals surface area contributed by atoms with E-state index >= 15 is 0 Å². The maximum absolute atomic E-state index is 12.5. The van der Waals surface area contributed by atoms with Gasteiger partial charge in [-0.1, -0.05) is 48.5 Å². The minimum absolute atomic E-state index is 0.210. The first-order chi connectivity index (χ1) is 15.5. The van der Waals surface area contributed by atoms with Gasteiger partial charge in [0.25, 0.3) is 11.1 Å². The fourth-order valence-electron chi connectivity index (χ4n) is 3.41. The first-order valence-corrected chi connectivity index (χ1v) is 10.6. The molecule has 0 spiro atoms. The Morgan fingerprint density at radius 2 is 1.84 bits per heavy atom. The van der Waals surface area contributed by atoms with Gasteiger partial charge in [-0.05, 0) is 51.9 Å². The highest BCUT2D eigenvalue weighted by molar-refractivity contribution is 8.18. The molecule has 1 aliphatic rings. The minimum atomic E-state index is -0.748. The molecule has 2 N–H and O–H groups in total. The standard InChI is InChI=1S/C24H20N2O5S/c1-30-19-10-9-15(12-21-23(28)26(13-22(25)27)24(29)32-21)11-20(19)31-14-17-7-4-6-16-5-2-3-8-18(16)17/h2-12H,13-14H2,1H3,(H2,25,27)/b21-12-. The summed E-state index contributed by atoms with van der Waals surface area (Å²) >= 11 is 0.765. The summed E-state index contributed by atoms with van der Waals surface area (Å²) in [4.78, 5) is 36.6. The van der Waals surface area contributed by atoms with Gasteiger partial charge in [0.1, 0.15) is 13.2 Å². The molecule has 4 rings (SSSR count). The predicted molar refractivity (Wildman–Crippen MR) is 123 cm³/mol. The predicted octanol–water partition coefficient (Wildman–Crippen LogP) is 3.95. The number of nitrogens with zero attached hydrogens (tertiary/aromatic N) is 1. The van der Waals surface area contributed by atoms with Gasteiger partial charge in [0.15, 0.2) is 11.5 Å². The molecule has 162 valence electrons. The van der Waals surface area contributed by atoms with Crippen LogP contribution in [0.3, 0.4) is 0 Å². The third-order valence-corrected chi connectivity index (χ3v) is 5.84. The number of methoxy groups -OCH3 is 1. The molecule has 32 heavy (non-hydrogen) atoms. The number of carbonyl (C=O) groups excluding carboxylic acids is 3. The van der Waals surface area contributed by atoms with Crippen LogP contribution in [-0.4, -0.2) is 35.6 Å². The van der Waals surface area contributed by atoms with Crippen LogP contribution >= 0.6 is 11.8 Å². The summed E-state index contributed by atoms with van der Waals surface area (Å²) in [5.74, 6) is -0.246. The van der Waals surface area contributed by atoms with Crippen LogP contribution in [-0.2, 0) is 16.2 Å². The van der Waals surface area contributed by atoms with Crippen molar-refractivity contribution in [1.29, 1.82) is 0 Å². The van der Waals surface area contributed by atoms with Gasteiger partial charge in [-0.2, -0.15) is 0 Å². The van der Waals surface area contributed by atoms with Crippen molar-refractivity contribution >= 4 is 45.7 Å². The first-order valence-electron chi connectivity index (χ1n) is 9.77. The number of ether oxygens (including phenoxy) is 2. The summed E-state index contributed by atoms with van der Waals surface area (Å²) in [5, 5.41) is 1.70. The molecule has 3 amide bonds. The molecule has 3 aromatic rings. The van der Waals surface area contributed by atoms with Gasteiger partial charge in [0.2, 0.25) is 5.91 Å². The Bertz CT molecular complexity index is 1250. The van der Waals surface area contributed by atoms with Crippen LogP contribution in [0, 0.1) is 0 Å². The minimum Gasteiger partial charge on any atom is -0.493 e. The summed E-state index contributed by atoms with van der Waals surface area (Å²) in [6.07, 6.45) is 1.58. The third kappa shape index (κ3) is 4.45. The zero-order chi connectivity index (χ0) is 22.7. The second-order valence-electron chi connectivity index (χ2n) is 7.07. The quantitative estimate of drug-likeness (QED) is 0.550. The van der Waals surface area contributed by atoms with E-state index in [1.54, 1.807) is 31.4 Å². The highest BCUT2D eigenvalue weighted by atomic mass is 32.2. The Kier molecular flexibility index (Phi) is 6.13. The normalized spacial score (nSPS) is 14.9. The Morgan fingerprint density at radius 1 is 1.06 bits per heavy atom. The lowest BCUT2D eigenvalue weighted by Gasteiger charge is -2.13. The van der Waals surface area contributed by atoms with Crippen LogP contribution in [0.25, 0.3) is 16.8 Å². The third-order valence-electron chi connectivity index (χ3n) is 4.94. The fraction of sp³-hybridized carbons (Fsp3) is 0.125. The number of hydrogen-bond donors (Lipinski definition) is 1. The molecule has 1 fully saturated rings. The fourth-order valence-corrected chi connectivity index (χ4v) is 4.25. The van der Waals surface area contributed by atoms with Crippen molar-refractivity contribution < 1.29 is 23.9 Å². The lowest BCUT2D eigenvalue weighted by molar-refractivity contribution is -0.127. The molecule has 0 atom stereocenters. The summed E-state index contributed by atoms with van der Waals surface area (Å²) in [5.41, 5.74) is 6.80. The number of amides is 3. The summed E-state index contributed by atoms with van der Waals surface area (Å²) in [6, 6.07) is 19.3. The van der Waals surface area contributed by atoms with Crippen molar-refractivity contribution in [1.82, 2.24) is 4.90 Å². The lowest BCUT2D eigenvalue weighted by Crippen LogP contribution is -2.36. The van der Waals surface area contributed by atoms with Gasteiger partial charge < -0.3 is 15.2 Å². The van der Waals surface area contributed by atoms with Crippen molar-refractivity contribution in [2.24, 2.45) is 5.73 Å². The van der Waals surface area contributed by atoms with E-state index < -0.39 is 23.6 Å². The zero-order valence-corrected chi connectivity index (χ0v) is 18.1. The molecule has 0 saturated carbocycles. The van der Waals surface area contributed by atoms with E-state index in [2.05, 4.69) is 0 Å². The van der Waals surface area contributed by atoms with Gasteiger partial charge in [-0.25, -0.2) is 0 Å². The number of fused-ring (bicyclic) bond motifs is 1.